The van der Waals surface area contributed by atoms with Gasteiger partial charge in [-0.05, 0) is 31.2 Å². The Hall–Kier alpha value is -1.30. The number of halogens is 2. The maximum absolute atomic E-state index is 12.8. The fraction of sp³-hybridized carbons (Fsp3) is 0.556. The first-order valence-corrected chi connectivity index (χ1v) is 9.48. The number of nitrogens with one attached hydrogen (secondary N) is 1. The second-order valence-corrected chi connectivity index (χ2v) is 7.02. The molecule has 7 heteroatoms. The molecule has 1 unspecified atom stereocenters. The largest absolute Gasteiger partial charge is 0.340 e. The van der Waals surface area contributed by atoms with Crippen molar-refractivity contribution in [2.75, 3.05) is 32.7 Å². The maximum atomic E-state index is 12.8. The van der Waals surface area contributed by atoms with Crippen LogP contribution in [0.2, 0.25) is 10.0 Å². The zero-order chi connectivity index (χ0) is 18.4. The van der Waals surface area contributed by atoms with Gasteiger partial charge < -0.3 is 15.1 Å². The first-order valence-electron chi connectivity index (χ1n) is 8.73. The molecular weight excluding hydrogens is 361 g/mol. The Morgan fingerprint density at radius 3 is 2.36 bits per heavy atom. The highest BCUT2D eigenvalue weighted by Gasteiger charge is 2.28. The number of carbonyl (C=O) groups excluding carboxylic acids is 2. The average Bonchev–Trinajstić information content (AvgIpc) is 2.63. The lowest BCUT2D eigenvalue weighted by Gasteiger charge is -2.36. The summed E-state index contributed by atoms with van der Waals surface area (Å²) in [4.78, 5) is 29.5. The molecular formula is C18H25Cl2N3O2. The molecule has 1 fully saturated rings. The van der Waals surface area contributed by atoms with Crippen LogP contribution in [0.3, 0.4) is 0 Å². The highest BCUT2D eigenvalue weighted by atomic mass is 35.5. The van der Waals surface area contributed by atoms with Gasteiger partial charge in [-0.25, -0.2) is 0 Å². The molecule has 0 spiro atoms. The Morgan fingerprint density at radius 1 is 1.12 bits per heavy atom. The molecule has 0 aromatic heterocycles. The quantitative estimate of drug-likeness (QED) is 0.818. The summed E-state index contributed by atoms with van der Waals surface area (Å²) in [5.41, 5.74) is 0.402. The fourth-order valence-corrected chi connectivity index (χ4v) is 3.23. The van der Waals surface area contributed by atoms with Crippen molar-refractivity contribution in [3.05, 3.63) is 33.8 Å². The van der Waals surface area contributed by atoms with Gasteiger partial charge in [-0.3, -0.25) is 9.59 Å². The monoisotopic (exact) mass is 385 g/mol. The van der Waals surface area contributed by atoms with Crippen LogP contribution >= 0.6 is 23.2 Å². The van der Waals surface area contributed by atoms with Gasteiger partial charge >= 0.3 is 0 Å². The molecule has 0 radical (unpaired) electrons. The predicted molar refractivity (Wildman–Crippen MR) is 101 cm³/mol. The second kappa shape index (κ2) is 9.41. The van der Waals surface area contributed by atoms with E-state index >= 15 is 0 Å². The van der Waals surface area contributed by atoms with Crippen molar-refractivity contribution in [1.82, 2.24) is 15.1 Å². The topological polar surface area (TPSA) is 52.7 Å². The Balaban J connectivity index is 2.03. The lowest BCUT2D eigenvalue weighted by atomic mass is 10.1. The van der Waals surface area contributed by atoms with Crippen LogP contribution in [-0.4, -0.2) is 60.4 Å². The second-order valence-electron chi connectivity index (χ2n) is 6.20. The molecule has 0 aliphatic carbocycles. The van der Waals surface area contributed by atoms with E-state index in [0.717, 1.165) is 26.1 Å². The molecule has 1 atom stereocenters. The van der Waals surface area contributed by atoms with Crippen LogP contribution in [0.4, 0.5) is 0 Å². The Kier molecular flexibility index (Phi) is 7.54. The summed E-state index contributed by atoms with van der Waals surface area (Å²) in [7, 11) is 0. The summed E-state index contributed by atoms with van der Waals surface area (Å²) < 4.78 is 0. The molecule has 1 heterocycles. The van der Waals surface area contributed by atoms with Crippen molar-refractivity contribution in [3.8, 4) is 0 Å². The van der Waals surface area contributed by atoms with Crippen molar-refractivity contribution in [2.45, 2.75) is 32.7 Å². The van der Waals surface area contributed by atoms with Crippen molar-refractivity contribution in [3.63, 3.8) is 0 Å². The Labute approximate surface area is 159 Å². The van der Waals surface area contributed by atoms with E-state index in [0.29, 0.717) is 35.1 Å². The SMILES string of the molecule is CCCC(NC(=O)c1ccc(Cl)c(Cl)c1)C(=O)N1CCN(CC)CC1. The summed E-state index contributed by atoms with van der Waals surface area (Å²) in [6, 6.07) is 4.20. The number of piperazine rings is 1. The zero-order valence-electron chi connectivity index (χ0n) is 14.7. The highest BCUT2D eigenvalue weighted by Crippen LogP contribution is 2.22. The summed E-state index contributed by atoms with van der Waals surface area (Å²) in [6.07, 6.45) is 1.42. The first kappa shape index (κ1) is 20.0. The third-order valence-corrected chi connectivity index (χ3v) is 5.23. The molecule has 1 aromatic carbocycles. The first-order chi connectivity index (χ1) is 12.0. The molecule has 0 bridgehead atoms. The van der Waals surface area contributed by atoms with Gasteiger partial charge in [0.05, 0.1) is 10.0 Å². The molecule has 1 saturated heterocycles. The van der Waals surface area contributed by atoms with Gasteiger partial charge in [0.25, 0.3) is 5.91 Å². The lowest BCUT2D eigenvalue weighted by Crippen LogP contribution is -2.54. The van der Waals surface area contributed by atoms with E-state index < -0.39 is 6.04 Å². The van der Waals surface area contributed by atoms with E-state index in [9.17, 15) is 9.59 Å². The highest BCUT2D eigenvalue weighted by molar-refractivity contribution is 6.42. The van der Waals surface area contributed by atoms with Crippen LogP contribution in [0.1, 0.15) is 37.0 Å². The van der Waals surface area contributed by atoms with E-state index in [1.54, 1.807) is 12.1 Å². The smallest absolute Gasteiger partial charge is 0.251 e. The maximum Gasteiger partial charge on any atom is 0.251 e. The normalized spacial score (nSPS) is 16.6. The lowest BCUT2D eigenvalue weighted by molar-refractivity contribution is -0.135. The van der Waals surface area contributed by atoms with Crippen LogP contribution in [-0.2, 0) is 4.79 Å². The van der Waals surface area contributed by atoms with Crippen LogP contribution in [0.5, 0.6) is 0 Å². The number of likely N-dealkylation sites (N-methyl/N-ethyl adjacent to an activating group) is 1. The molecule has 1 aliphatic rings. The average molecular weight is 386 g/mol. The van der Waals surface area contributed by atoms with Gasteiger partial charge in [-0.1, -0.05) is 43.5 Å². The summed E-state index contributed by atoms with van der Waals surface area (Å²) in [6.45, 7) is 8.28. The van der Waals surface area contributed by atoms with E-state index in [1.165, 1.54) is 6.07 Å². The van der Waals surface area contributed by atoms with Crippen LogP contribution in [0.15, 0.2) is 18.2 Å². The minimum absolute atomic E-state index is 0.00832. The molecule has 1 aliphatic heterocycles. The number of carbonyl (C=O) groups is 2. The van der Waals surface area contributed by atoms with Crippen molar-refractivity contribution in [1.29, 1.82) is 0 Å². The Morgan fingerprint density at radius 2 is 1.80 bits per heavy atom. The number of hydrogen-bond donors (Lipinski definition) is 1. The molecule has 1 N–H and O–H groups in total. The molecule has 138 valence electrons. The van der Waals surface area contributed by atoms with Crippen molar-refractivity contribution >= 4 is 35.0 Å². The third-order valence-electron chi connectivity index (χ3n) is 4.49. The third kappa shape index (κ3) is 5.33. The molecule has 2 rings (SSSR count). The summed E-state index contributed by atoms with van der Waals surface area (Å²) >= 11 is 11.9. The van der Waals surface area contributed by atoms with Crippen LogP contribution < -0.4 is 5.32 Å². The van der Waals surface area contributed by atoms with Crippen molar-refractivity contribution in [2.24, 2.45) is 0 Å². The Bertz CT molecular complexity index is 616. The van der Waals surface area contributed by atoms with E-state index in [4.69, 9.17) is 23.2 Å². The van der Waals surface area contributed by atoms with E-state index in [2.05, 4.69) is 17.1 Å². The standard InChI is InChI=1S/C18H25Cl2N3O2/c1-3-5-16(18(25)23-10-8-22(4-2)9-11-23)21-17(24)13-6-7-14(19)15(20)12-13/h6-7,12,16H,3-5,8-11H2,1-2H3,(H,21,24). The molecule has 2 amide bonds. The van der Waals surface area contributed by atoms with Gasteiger partial charge in [0, 0.05) is 31.7 Å². The number of benzene rings is 1. The van der Waals surface area contributed by atoms with Gasteiger partial charge in [0.2, 0.25) is 5.91 Å². The van der Waals surface area contributed by atoms with Gasteiger partial charge in [0.1, 0.15) is 6.04 Å². The van der Waals surface area contributed by atoms with Gasteiger partial charge in [-0.2, -0.15) is 0 Å². The molecule has 0 saturated carbocycles. The van der Waals surface area contributed by atoms with Gasteiger partial charge in [0.15, 0.2) is 0 Å². The van der Waals surface area contributed by atoms with Crippen LogP contribution in [0, 0.1) is 0 Å². The summed E-state index contributed by atoms with van der Waals surface area (Å²) in [5.74, 6) is -0.316. The minimum atomic E-state index is -0.514. The van der Waals surface area contributed by atoms with Crippen LogP contribution in [0.25, 0.3) is 0 Å². The van der Waals surface area contributed by atoms with Crippen molar-refractivity contribution < 1.29 is 9.59 Å². The molecule has 25 heavy (non-hydrogen) atoms. The molecule has 5 nitrogen and oxygen atoms in total. The molecule has 1 aromatic rings. The fourth-order valence-electron chi connectivity index (χ4n) is 2.93. The number of nitrogens with zero attached hydrogens (tertiary/aromatic N) is 2. The van der Waals surface area contributed by atoms with E-state index in [-0.39, 0.29) is 11.8 Å². The predicted octanol–water partition coefficient (Wildman–Crippen LogP) is 3.06. The number of rotatable bonds is 6. The van der Waals surface area contributed by atoms with Gasteiger partial charge in [-0.15, -0.1) is 0 Å². The summed E-state index contributed by atoms with van der Waals surface area (Å²) in [5, 5.41) is 3.58. The zero-order valence-corrected chi connectivity index (χ0v) is 16.2. The number of amides is 2. The van der Waals surface area contributed by atoms with E-state index in [1.807, 2.05) is 11.8 Å². The number of hydrogen-bond acceptors (Lipinski definition) is 3. The minimum Gasteiger partial charge on any atom is -0.340 e.